The van der Waals surface area contributed by atoms with Crippen molar-refractivity contribution in [1.82, 2.24) is 34.8 Å². The summed E-state index contributed by atoms with van der Waals surface area (Å²) in [5.74, 6) is 3.59. The van der Waals surface area contributed by atoms with Crippen LogP contribution in [0.3, 0.4) is 0 Å². The van der Waals surface area contributed by atoms with Gasteiger partial charge in [0.1, 0.15) is 11.6 Å². The van der Waals surface area contributed by atoms with Crippen molar-refractivity contribution < 1.29 is 9.26 Å². The molecule has 1 fully saturated rings. The highest BCUT2D eigenvalue weighted by molar-refractivity contribution is 5.55. The Morgan fingerprint density at radius 3 is 2.42 bits per heavy atom. The predicted octanol–water partition coefficient (Wildman–Crippen LogP) is 2.66. The third-order valence-electron chi connectivity index (χ3n) is 5.71. The molecule has 1 aromatic carbocycles. The first kappa shape index (κ1) is 21.1. The van der Waals surface area contributed by atoms with Gasteiger partial charge >= 0.3 is 0 Å². The lowest BCUT2D eigenvalue weighted by Crippen LogP contribution is -2.46. The summed E-state index contributed by atoms with van der Waals surface area (Å²) in [6.45, 7) is 8.03. The Morgan fingerprint density at radius 1 is 0.970 bits per heavy atom. The first-order chi connectivity index (χ1) is 16.1. The standard InChI is InChI=1S/C23H26N8O2/c1-16-12-17(2)31(27-16)21-14-24-13-20(25-21)30-10-8-29(9-11-30)15-22-26-23(28-33-22)18-4-6-19(32-3)7-5-18/h4-7,12-14H,8-11,15H2,1-3H3. The topological polar surface area (TPSA) is 98.2 Å². The Bertz CT molecular complexity index is 1230. The molecule has 0 aliphatic carbocycles. The molecule has 0 unspecified atom stereocenters. The van der Waals surface area contributed by atoms with Gasteiger partial charge in [-0.1, -0.05) is 5.16 Å². The lowest BCUT2D eigenvalue weighted by atomic mass is 10.2. The van der Waals surface area contributed by atoms with Gasteiger partial charge in [-0.25, -0.2) is 9.67 Å². The van der Waals surface area contributed by atoms with Crippen LogP contribution in [0.5, 0.6) is 5.75 Å². The summed E-state index contributed by atoms with van der Waals surface area (Å²) in [5.41, 5.74) is 2.90. The van der Waals surface area contributed by atoms with Gasteiger partial charge in [-0.2, -0.15) is 10.1 Å². The SMILES string of the molecule is COc1ccc(-c2noc(CN3CCN(c4cncc(-n5nc(C)cc5C)n4)CC3)n2)cc1. The van der Waals surface area contributed by atoms with Gasteiger partial charge in [-0.3, -0.25) is 9.88 Å². The molecule has 1 aliphatic rings. The molecule has 0 atom stereocenters. The van der Waals surface area contributed by atoms with Gasteiger partial charge in [-0.05, 0) is 44.2 Å². The Balaban J connectivity index is 1.20. The van der Waals surface area contributed by atoms with Crippen LogP contribution >= 0.6 is 0 Å². The van der Waals surface area contributed by atoms with Crippen LogP contribution in [-0.4, -0.2) is 68.1 Å². The number of aryl methyl sites for hydroxylation is 2. The maximum Gasteiger partial charge on any atom is 0.241 e. The summed E-state index contributed by atoms with van der Waals surface area (Å²) in [6, 6.07) is 9.65. The second-order valence-corrected chi connectivity index (χ2v) is 8.08. The van der Waals surface area contributed by atoms with Crippen molar-refractivity contribution in [2.45, 2.75) is 20.4 Å². The molecule has 0 amide bonds. The zero-order valence-corrected chi connectivity index (χ0v) is 19.0. The van der Waals surface area contributed by atoms with Crippen LogP contribution in [0.2, 0.25) is 0 Å². The molecule has 3 aromatic heterocycles. The van der Waals surface area contributed by atoms with E-state index in [2.05, 4.69) is 30.0 Å². The quantitative estimate of drug-likeness (QED) is 0.443. The normalized spacial score (nSPS) is 14.6. The van der Waals surface area contributed by atoms with Crippen LogP contribution in [0.25, 0.3) is 17.2 Å². The predicted molar refractivity (Wildman–Crippen MR) is 122 cm³/mol. The molecular formula is C23H26N8O2. The summed E-state index contributed by atoms with van der Waals surface area (Å²) in [7, 11) is 1.64. The van der Waals surface area contributed by atoms with Crippen molar-refractivity contribution in [2.75, 3.05) is 38.2 Å². The van der Waals surface area contributed by atoms with E-state index in [1.54, 1.807) is 13.3 Å². The summed E-state index contributed by atoms with van der Waals surface area (Å²) >= 11 is 0. The van der Waals surface area contributed by atoms with Crippen LogP contribution in [0.4, 0.5) is 5.82 Å². The number of anilines is 1. The molecule has 0 bridgehead atoms. The molecule has 1 aliphatic heterocycles. The fourth-order valence-corrected chi connectivity index (χ4v) is 3.96. The van der Waals surface area contributed by atoms with Gasteiger partial charge < -0.3 is 14.2 Å². The molecule has 1 saturated heterocycles. The molecule has 10 heteroatoms. The number of nitrogens with zero attached hydrogens (tertiary/aromatic N) is 8. The first-order valence-electron chi connectivity index (χ1n) is 10.9. The van der Waals surface area contributed by atoms with Gasteiger partial charge in [0, 0.05) is 37.4 Å². The van der Waals surface area contributed by atoms with Crippen molar-refractivity contribution in [3.63, 3.8) is 0 Å². The van der Waals surface area contributed by atoms with E-state index in [1.807, 2.05) is 55.1 Å². The highest BCUT2D eigenvalue weighted by atomic mass is 16.5. The summed E-state index contributed by atoms with van der Waals surface area (Å²) < 4.78 is 12.5. The van der Waals surface area contributed by atoms with Gasteiger partial charge in [0.15, 0.2) is 5.82 Å². The zero-order chi connectivity index (χ0) is 22.8. The van der Waals surface area contributed by atoms with Gasteiger partial charge in [0.2, 0.25) is 11.7 Å². The smallest absolute Gasteiger partial charge is 0.241 e. The minimum absolute atomic E-state index is 0.586. The average Bonchev–Trinajstić information content (AvgIpc) is 3.45. The van der Waals surface area contributed by atoms with Crippen molar-refractivity contribution >= 4 is 5.82 Å². The van der Waals surface area contributed by atoms with Crippen molar-refractivity contribution in [3.05, 3.63) is 60.0 Å². The zero-order valence-electron chi connectivity index (χ0n) is 19.0. The molecule has 33 heavy (non-hydrogen) atoms. The summed E-state index contributed by atoms with van der Waals surface area (Å²) in [4.78, 5) is 18.3. The minimum Gasteiger partial charge on any atom is -0.497 e. The number of piperazine rings is 1. The molecule has 0 N–H and O–H groups in total. The van der Waals surface area contributed by atoms with Gasteiger partial charge in [-0.15, -0.1) is 0 Å². The number of aromatic nitrogens is 6. The van der Waals surface area contributed by atoms with Crippen LogP contribution in [0.15, 0.2) is 47.2 Å². The van der Waals surface area contributed by atoms with E-state index in [-0.39, 0.29) is 0 Å². The summed E-state index contributed by atoms with van der Waals surface area (Å²) in [5, 5.41) is 8.64. The molecule has 4 aromatic rings. The Morgan fingerprint density at radius 2 is 1.73 bits per heavy atom. The minimum atomic E-state index is 0.586. The second-order valence-electron chi connectivity index (χ2n) is 8.08. The van der Waals surface area contributed by atoms with Crippen molar-refractivity contribution in [3.8, 4) is 23.0 Å². The Kier molecular flexibility index (Phi) is 5.74. The van der Waals surface area contributed by atoms with Crippen LogP contribution in [0, 0.1) is 13.8 Å². The maximum absolute atomic E-state index is 5.49. The first-order valence-corrected chi connectivity index (χ1v) is 10.9. The molecule has 170 valence electrons. The van der Waals surface area contributed by atoms with E-state index in [0.29, 0.717) is 18.3 Å². The van der Waals surface area contributed by atoms with Crippen molar-refractivity contribution in [1.29, 1.82) is 0 Å². The molecular weight excluding hydrogens is 420 g/mol. The molecule has 4 heterocycles. The molecule has 0 radical (unpaired) electrons. The van der Waals surface area contributed by atoms with E-state index in [0.717, 1.165) is 60.5 Å². The fourth-order valence-electron chi connectivity index (χ4n) is 3.96. The van der Waals surface area contributed by atoms with Crippen molar-refractivity contribution in [2.24, 2.45) is 0 Å². The summed E-state index contributed by atoms with van der Waals surface area (Å²) in [6.07, 6.45) is 3.55. The number of benzene rings is 1. The number of rotatable bonds is 6. The highest BCUT2D eigenvalue weighted by Crippen LogP contribution is 2.21. The fraction of sp³-hybridized carbons (Fsp3) is 0.348. The molecule has 5 rings (SSSR count). The highest BCUT2D eigenvalue weighted by Gasteiger charge is 2.21. The van der Waals surface area contributed by atoms with Crippen LogP contribution in [-0.2, 0) is 6.54 Å². The van der Waals surface area contributed by atoms with E-state index in [4.69, 9.17) is 14.2 Å². The van der Waals surface area contributed by atoms with E-state index < -0.39 is 0 Å². The lowest BCUT2D eigenvalue weighted by molar-refractivity contribution is 0.215. The van der Waals surface area contributed by atoms with E-state index in [1.165, 1.54) is 0 Å². The molecule has 0 spiro atoms. The average molecular weight is 447 g/mol. The largest absolute Gasteiger partial charge is 0.497 e. The lowest BCUT2D eigenvalue weighted by Gasteiger charge is -2.34. The Labute approximate surface area is 191 Å². The molecule has 0 saturated carbocycles. The molecule has 10 nitrogen and oxygen atoms in total. The third-order valence-corrected chi connectivity index (χ3v) is 5.71. The van der Waals surface area contributed by atoms with Crippen LogP contribution in [0.1, 0.15) is 17.3 Å². The number of ether oxygens (including phenoxy) is 1. The monoisotopic (exact) mass is 446 g/mol. The number of hydrogen-bond donors (Lipinski definition) is 0. The number of methoxy groups -OCH3 is 1. The van der Waals surface area contributed by atoms with E-state index >= 15 is 0 Å². The van der Waals surface area contributed by atoms with Crippen LogP contribution < -0.4 is 9.64 Å². The van der Waals surface area contributed by atoms with Gasteiger partial charge in [0.05, 0.1) is 31.7 Å². The number of hydrogen-bond acceptors (Lipinski definition) is 9. The van der Waals surface area contributed by atoms with Gasteiger partial charge in [0.25, 0.3) is 0 Å². The third kappa shape index (κ3) is 4.56. The maximum atomic E-state index is 5.49. The second kappa shape index (κ2) is 8.99. The Hall–Kier alpha value is -3.79. The van der Waals surface area contributed by atoms with E-state index in [9.17, 15) is 0 Å².